The van der Waals surface area contributed by atoms with Crippen LogP contribution in [0, 0.1) is 6.92 Å². The fourth-order valence-electron chi connectivity index (χ4n) is 2.27. The molecule has 1 amide bonds. The van der Waals surface area contributed by atoms with E-state index in [0.717, 1.165) is 17.7 Å². The van der Waals surface area contributed by atoms with Gasteiger partial charge < -0.3 is 15.2 Å². The first-order chi connectivity index (χ1) is 9.81. The molecule has 1 heterocycles. The highest BCUT2D eigenvalue weighted by atomic mass is 32.1. The first-order valence-electron chi connectivity index (χ1n) is 6.94. The van der Waals surface area contributed by atoms with Crippen LogP contribution in [0.15, 0.2) is 6.07 Å². The number of aryl methyl sites for hydroxylation is 2. The van der Waals surface area contributed by atoms with Crippen molar-refractivity contribution >= 4 is 23.2 Å². The predicted molar refractivity (Wildman–Crippen MR) is 83.1 cm³/mol. The zero-order chi connectivity index (χ0) is 16.0. The van der Waals surface area contributed by atoms with Gasteiger partial charge >= 0.3 is 5.97 Å². The molecule has 6 heteroatoms. The number of carboxylic acid groups (broad SMARTS) is 1. The molecule has 0 aliphatic heterocycles. The first-order valence-corrected chi connectivity index (χ1v) is 7.75. The Kier molecular flexibility index (Phi) is 6.36. The van der Waals surface area contributed by atoms with Gasteiger partial charge in [0.05, 0.1) is 23.4 Å². The second kappa shape index (κ2) is 7.56. The molecule has 0 spiro atoms. The van der Waals surface area contributed by atoms with Crippen LogP contribution in [0.25, 0.3) is 0 Å². The van der Waals surface area contributed by atoms with Crippen LogP contribution in [-0.2, 0) is 16.0 Å². The minimum absolute atomic E-state index is 0.150. The van der Waals surface area contributed by atoms with Crippen molar-refractivity contribution in [3.05, 3.63) is 21.4 Å². The Bertz CT molecular complexity index is 512. The van der Waals surface area contributed by atoms with E-state index in [9.17, 15) is 9.59 Å². The van der Waals surface area contributed by atoms with E-state index < -0.39 is 11.5 Å². The zero-order valence-corrected chi connectivity index (χ0v) is 13.8. The van der Waals surface area contributed by atoms with Gasteiger partial charge in [-0.15, -0.1) is 11.3 Å². The third-order valence-electron chi connectivity index (χ3n) is 3.18. The maximum Gasteiger partial charge on any atom is 0.305 e. The fourth-order valence-corrected chi connectivity index (χ4v) is 3.24. The van der Waals surface area contributed by atoms with E-state index in [4.69, 9.17) is 9.84 Å². The number of methoxy groups -OCH3 is 1. The molecule has 5 nitrogen and oxygen atoms in total. The monoisotopic (exact) mass is 313 g/mol. The fraction of sp³-hybridized carbons (Fsp3) is 0.600. The summed E-state index contributed by atoms with van der Waals surface area (Å²) in [6, 6.07) is 1.90. The summed E-state index contributed by atoms with van der Waals surface area (Å²) in [5.41, 5.74) is 0.264. The summed E-state index contributed by atoms with van der Waals surface area (Å²) in [5.74, 6) is -1.21. The lowest BCUT2D eigenvalue weighted by atomic mass is 9.99. The minimum atomic E-state index is -0.969. The van der Waals surface area contributed by atoms with Gasteiger partial charge in [-0.2, -0.15) is 0 Å². The number of carbonyl (C=O) groups excluding carboxylic acids is 1. The number of ether oxygens (including phenoxy) is 1. The topological polar surface area (TPSA) is 75.6 Å². The second-order valence-corrected chi connectivity index (χ2v) is 6.72. The third kappa shape index (κ3) is 5.13. The lowest BCUT2D eigenvalue weighted by Gasteiger charge is -2.28. The van der Waals surface area contributed by atoms with E-state index in [1.165, 1.54) is 24.0 Å². The maximum absolute atomic E-state index is 12.3. The van der Waals surface area contributed by atoms with Crippen LogP contribution in [0.3, 0.4) is 0 Å². The van der Waals surface area contributed by atoms with Crippen LogP contribution in [0.4, 0.5) is 0 Å². The van der Waals surface area contributed by atoms with E-state index in [-0.39, 0.29) is 18.9 Å². The molecule has 0 aliphatic rings. The normalized spacial score (nSPS) is 13.7. The second-order valence-electron chi connectivity index (χ2n) is 5.46. The van der Waals surface area contributed by atoms with Gasteiger partial charge in [-0.05, 0) is 31.9 Å². The summed E-state index contributed by atoms with van der Waals surface area (Å²) in [6.45, 7) is 5.92. The predicted octanol–water partition coefficient (Wildman–Crippen LogP) is 2.62. The largest absolute Gasteiger partial charge is 0.481 e. The highest BCUT2D eigenvalue weighted by Crippen LogP contribution is 2.23. The highest BCUT2D eigenvalue weighted by Gasteiger charge is 2.30. The molecule has 0 bridgehead atoms. The SMILES string of the molecule is CCCc1cc(C(=O)NC(C)(COC)CC(=O)O)sc1C. The van der Waals surface area contributed by atoms with Gasteiger partial charge in [0.25, 0.3) is 5.91 Å². The molecular formula is C15H23NO4S. The Morgan fingerprint density at radius 3 is 2.67 bits per heavy atom. The van der Waals surface area contributed by atoms with Gasteiger partial charge in [0, 0.05) is 12.0 Å². The van der Waals surface area contributed by atoms with Crippen LogP contribution >= 0.6 is 11.3 Å². The van der Waals surface area contributed by atoms with Crippen molar-refractivity contribution in [2.75, 3.05) is 13.7 Å². The smallest absolute Gasteiger partial charge is 0.305 e. The van der Waals surface area contributed by atoms with Gasteiger partial charge in [0.1, 0.15) is 0 Å². The summed E-state index contributed by atoms with van der Waals surface area (Å²) < 4.78 is 5.04. The summed E-state index contributed by atoms with van der Waals surface area (Å²) in [5, 5.41) is 11.8. The van der Waals surface area contributed by atoms with E-state index in [1.54, 1.807) is 6.92 Å². The average molecular weight is 313 g/mol. The third-order valence-corrected chi connectivity index (χ3v) is 4.27. The quantitative estimate of drug-likeness (QED) is 0.773. The summed E-state index contributed by atoms with van der Waals surface area (Å²) in [6.07, 6.45) is 1.79. The van der Waals surface area contributed by atoms with E-state index in [1.807, 2.05) is 13.0 Å². The molecule has 1 rings (SSSR count). The van der Waals surface area contributed by atoms with Crippen molar-refractivity contribution in [3.8, 4) is 0 Å². The number of amides is 1. The molecule has 1 unspecified atom stereocenters. The molecule has 1 aromatic rings. The number of hydrogen-bond acceptors (Lipinski definition) is 4. The minimum Gasteiger partial charge on any atom is -0.481 e. The number of carboxylic acids is 1. The van der Waals surface area contributed by atoms with Crippen molar-refractivity contribution in [2.24, 2.45) is 0 Å². The van der Waals surface area contributed by atoms with E-state index in [2.05, 4.69) is 12.2 Å². The zero-order valence-electron chi connectivity index (χ0n) is 13.0. The van der Waals surface area contributed by atoms with Crippen LogP contribution in [0.2, 0.25) is 0 Å². The first kappa shape index (κ1) is 17.7. The molecule has 0 aliphatic carbocycles. The van der Waals surface area contributed by atoms with Crippen molar-refractivity contribution in [2.45, 2.75) is 45.6 Å². The van der Waals surface area contributed by atoms with Crippen molar-refractivity contribution in [1.29, 1.82) is 0 Å². The number of aliphatic carboxylic acids is 1. The molecular weight excluding hydrogens is 290 g/mol. The summed E-state index contributed by atoms with van der Waals surface area (Å²) in [7, 11) is 1.49. The Labute approximate surface area is 129 Å². The number of carbonyl (C=O) groups is 2. The van der Waals surface area contributed by atoms with Crippen molar-refractivity contribution in [1.82, 2.24) is 5.32 Å². The van der Waals surface area contributed by atoms with Crippen molar-refractivity contribution in [3.63, 3.8) is 0 Å². The molecule has 1 atom stereocenters. The van der Waals surface area contributed by atoms with Gasteiger partial charge in [-0.3, -0.25) is 9.59 Å². The van der Waals surface area contributed by atoms with Crippen LogP contribution < -0.4 is 5.32 Å². The molecule has 0 saturated carbocycles. The molecule has 2 N–H and O–H groups in total. The van der Waals surface area contributed by atoms with Gasteiger partial charge in [-0.25, -0.2) is 0 Å². The van der Waals surface area contributed by atoms with Crippen molar-refractivity contribution < 1.29 is 19.4 Å². The number of nitrogens with one attached hydrogen (secondary N) is 1. The van der Waals surface area contributed by atoms with Crippen LogP contribution in [0.1, 0.15) is 46.8 Å². The summed E-state index contributed by atoms with van der Waals surface area (Å²) in [4.78, 5) is 25.0. The highest BCUT2D eigenvalue weighted by molar-refractivity contribution is 7.14. The Morgan fingerprint density at radius 2 is 2.14 bits per heavy atom. The Balaban J connectivity index is 2.86. The molecule has 0 saturated heterocycles. The van der Waals surface area contributed by atoms with E-state index in [0.29, 0.717) is 4.88 Å². The lowest BCUT2D eigenvalue weighted by molar-refractivity contribution is -0.139. The average Bonchev–Trinajstić information content (AvgIpc) is 2.70. The molecule has 0 radical (unpaired) electrons. The van der Waals surface area contributed by atoms with E-state index >= 15 is 0 Å². The lowest BCUT2D eigenvalue weighted by Crippen LogP contribution is -2.50. The number of rotatable bonds is 8. The van der Waals surface area contributed by atoms with Gasteiger partial charge in [-0.1, -0.05) is 13.3 Å². The maximum atomic E-state index is 12.3. The number of thiophene rings is 1. The Morgan fingerprint density at radius 1 is 1.48 bits per heavy atom. The number of hydrogen-bond donors (Lipinski definition) is 2. The van der Waals surface area contributed by atoms with Gasteiger partial charge in [0.15, 0.2) is 0 Å². The molecule has 118 valence electrons. The van der Waals surface area contributed by atoms with Gasteiger partial charge in [0.2, 0.25) is 0 Å². The summed E-state index contributed by atoms with van der Waals surface area (Å²) >= 11 is 1.44. The van der Waals surface area contributed by atoms with Crippen LogP contribution in [0.5, 0.6) is 0 Å². The van der Waals surface area contributed by atoms with Crippen LogP contribution in [-0.4, -0.2) is 36.2 Å². The molecule has 0 aromatic carbocycles. The molecule has 1 aromatic heterocycles. The standard InChI is InChI=1S/C15H23NO4S/c1-5-6-11-7-12(21-10(11)2)14(19)16-15(3,9-20-4)8-13(17)18/h7H,5-6,8-9H2,1-4H3,(H,16,19)(H,17,18). The molecule has 0 fully saturated rings. The molecule has 21 heavy (non-hydrogen) atoms. The Hall–Kier alpha value is -1.40.